The molecule has 1 saturated carbocycles. The number of thioether (sulfide) groups is 1. The lowest BCUT2D eigenvalue weighted by molar-refractivity contribution is 0.764. The molecule has 112 valence electrons. The molecule has 0 spiro atoms. The minimum Gasteiger partial charge on any atom is -0.366 e. The molecule has 1 aromatic carbocycles. The van der Waals surface area contributed by atoms with Crippen LogP contribution in [0.5, 0.6) is 0 Å². The fourth-order valence-corrected chi connectivity index (χ4v) is 4.13. The van der Waals surface area contributed by atoms with Gasteiger partial charge in [-0.25, -0.2) is 10.8 Å². The van der Waals surface area contributed by atoms with Gasteiger partial charge >= 0.3 is 0 Å². The molecule has 3 rings (SSSR count). The Morgan fingerprint density at radius 3 is 2.95 bits per heavy atom. The Morgan fingerprint density at radius 1 is 1.29 bits per heavy atom. The van der Waals surface area contributed by atoms with E-state index in [2.05, 4.69) is 33.7 Å². The van der Waals surface area contributed by atoms with Crippen molar-refractivity contribution in [3.8, 4) is 0 Å². The normalized spacial score (nSPS) is 21.6. The summed E-state index contributed by atoms with van der Waals surface area (Å²) < 4.78 is 0. The molecule has 2 atom stereocenters. The summed E-state index contributed by atoms with van der Waals surface area (Å²) >= 11 is 2.04. The Labute approximate surface area is 129 Å². The third-order valence-electron chi connectivity index (χ3n) is 3.89. The van der Waals surface area contributed by atoms with Crippen molar-refractivity contribution in [1.82, 2.24) is 9.97 Å². The number of para-hydroxylation sites is 1. The second kappa shape index (κ2) is 6.49. The zero-order valence-electron chi connectivity index (χ0n) is 12.2. The minimum absolute atomic E-state index is 0.453. The highest BCUT2D eigenvalue weighted by atomic mass is 32.2. The van der Waals surface area contributed by atoms with Crippen molar-refractivity contribution < 1.29 is 0 Å². The fourth-order valence-electron chi connectivity index (χ4n) is 2.93. The van der Waals surface area contributed by atoms with Crippen LogP contribution in [-0.4, -0.2) is 27.0 Å². The predicted molar refractivity (Wildman–Crippen MR) is 90.5 cm³/mol. The maximum absolute atomic E-state index is 5.49. The van der Waals surface area contributed by atoms with Gasteiger partial charge < -0.3 is 5.32 Å². The van der Waals surface area contributed by atoms with Crippen LogP contribution in [0.3, 0.4) is 0 Å². The summed E-state index contributed by atoms with van der Waals surface area (Å²) in [5.74, 6) is 7.97. The molecule has 6 heteroatoms. The zero-order valence-corrected chi connectivity index (χ0v) is 13.0. The maximum atomic E-state index is 5.49. The largest absolute Gasteiger partial charge is 0.366 e. The van der Waals surface area contributed by atoms with Crippen LogP contribution >= 0.6 is 11.8 Å². The van der Waals surface area contributed by atoms with Crippen LogP contribution in [0.4, 0.5) is 11.8 Å². The molecule has 0 radical (unpaired) electrons. The quantitative estimate of drug-likeness (QED) is 0.582. The van der Waals surface area contributed by atoms with Gasteiger partial charge in [0.2, 0.25) is 5.95 Å². The summed E-state index contributed by atoms with van der Waals surface area (Å²) in [5.41, 5.74) is 3.46. The van der Waals surface area contributed by atoms with Crippen molar-refractivity contribution in [2.75, 3.05) is 16.5 Å². The Kier molecular flexibility index (Phi) is 4.45. The van der Waals surface area contributed by atoms with Crippen molar-refractivity contribution in [3.63, 3.8) is 0 Å². The topological polar surface area (TPSA) is 75.9 Å². The first-order valence-electron chi connectivity index (χ1n) is 7.43. The highest BCUT2D eigenvalue weighted by Gasteiger charge is 2.27. The van der Waals surface area contributed by atoms with Crippen LogP contribution < -0.4 is 16.6 Å². The van der Waals surface area contributed by atoms with E-state index in [9.17, 15) is 0 Å². The number of hydrogen-bond donors (Lipinski definition) is 3. The lowest BCUT2D eigenvalue weighted by atomic mass is 10.2. The fraction of sp³-hybridized carbons (Fsp3) is 0.467. The number of rotatable bonds is 5. The first-order valence-corrected chi connectivity index (χ1v) is 8.48. The summed E-state index contributed by atoms with van der Waals surface area (Å²) in [4.78, 5) is 8.90. The molecule has 1 fully saturated rings. The summed E-state index contributed by atoms with van der Waals surface area (Å²) in [6.45, 7) is 2.22. The number of anilines is 2. The molecule has 4 N–H and O–H groups in total. The molecule has 1 aromatic heterocycles. The molecule has 2 unspecified atom stereocenters. The Hall–Kier alpha value is -1.53. The predicted octanol–water partition coefficient (Wildman–Crippen LogP) is 3.00. The molecule has 21 heavy (non-hydrogen) atoms. The van der Waals surface area contributed by atoms with Crippen LogP contribution in [0.2, 0.25) is 0 Å². The summed E-state index contributed by atoms with van der Waals surface area (Å²) in [5, 5.41) is 5.34. The van der Waals surface area contributed by atoms with Gasteiger partial charge in [0.15, 0.2) is 0 Å². The van der Waals surface area contributed by atoms with E-state index in [0.29, 0.717) is 17.2 Å². The van der Waals surface area contributed by atoms with Crippen LogP contribution in [-0.2, 0) is 0 Å². The van der Waals surface area contributed by atoms with Gasteiger partial charge in [-0.2, -0.15) is 16.7 Å². The molecule has 0 saturated heterocycles. The summed E-state index contributed by atoms with van der Waals surface area (Å²) in [6.07, 6.45) is 3.75. The average molecular weight is 303 g/mol. The Balaban J connectivity index is 1.92. The van der Waals surface area contributed by atoms with Crippen molar-refractivity contribution >= 4 is 34.4 Å². The molecule has 1 aliphatic rings. The smallest absolute Gasteiger partial charge is 0.239 e. The number of nitrogens with one attached hydrogen (secondary N) is 2. The standard InChI is InChI=1S/C15H21N5S/c1-2-21-13-9-5-8-12(13)17-14-10-6-3-4-7-11(10)18-15(19-14)20-16/h3-4,6-7,12-13H,2,5,8-9,16H2,1H3,(H2,17,18,19,20). The molecule has 0 aliphatic heterocycles. The Morgan fingerprint density at radius 2 is 2.14 bits per heavy atom. The van der Waals surface area contributed by atoms with E-state index in [1.165, 1.54) is 19.3 Å². The van der Waals surface area contributed by atoms with Gasteiger partial charge in [-0.05, 0) is 30.7 Å². The van der Waals surface area contributed by atoms with Crippen molar-refractivity contribution in [2.45, 2.75) is 37.5 Å². The second-order valence-electron chi connectivity index (χ2n) is 5.23. The van der Waals surface area contributed by atoms with E-state index in [4.69, 9.17) is 5.84 Å². The van der Waals surface area contributed by atoms with Gasteiger partial charge in [0.1, 0.15) is 5.82 Å². The number of nitrogen functional groups attached to an aromatic ring is 1. The van der Waals surface area contributed by atoms with Gasteiger partial charge in [-0.1, -0.05) is 25.5 Å². The molecule has 0 amide bonds. The number of aromatic nitrogens is 2. The highest BCUT2D eigenvalue weighted by molar-refractivity contribution is 7.99. The van der Waals surface area contributed by atoms with Crippen molar-refractivity contribution in [2.24, 2.45) is 5.84 Å². The molecule has 2 aromatic rings. The van der Waals surface area contributed by atoms with E-state index in [1.54, 1.807) is 0 Å². The third-order valence-corrected chi connectivity index (χ3v) is 5.21. The second-order valence-corrected chi connectivity index (χ2v) is 6.75. The van der Waals surface area contributed by atoms with Gasteiger partial charge in [0, 0.05) is 16.7 Å². The van der Waals surface area contributed by atoms with Gasteiger partial charge in [-0.15, -0.1) is 0 Å². The van der Waals surface area contributed by atoms with Gasteiger partial charge in [0.25, 0.3) is 0 Å². The van der Waals surface area contributed by atoms with E-state index in [-0.39, 0.29) is 0 Å². The maximum Gasteiger partial charge on any atom is 0.239 e. The van der Waals surface area contributed by atoms with E-state index < -0.39 is 0 Å². The number of nitrogens with zero attached hydrogens (tertiary/aromatic N) is 2. The van der Waals surface area contributed by atoms with Gasteiger partial charge in [-0.3, -0.25) is 5.43 Å². The van der Waals surface area contributed by atoms with Crippen LogP contribution in [0, 0.1) is 0 Å². The van der Waals surface area contributed by atoms with Crippen LogP contribution in [0.15, 0.2) is 24.3 Å². The summed E-state index contributed by atoms with van der Waals surface area (Å²) in [6, 6.07) is 8.49. The molecule has 1 heterocycles. The molecule has 0 bridgehead atoms. The van der Waals surface area contributed by atoms with Crippen molar-refractivity contribution in [1.29, 1.82) is 0 Å². The summed E-state index contributed by atoms with van der Waals surface area (Å²) in [7, 11) is 0. The minimum atomic E-state index is 0.453. The number of fused-ring (bicyclic) bond motifs is 1. The van der Waals surface area contributed by atoms with E-state index in [1.807, 2.05) is 30.0 Å². The van der Waals surface area contributed by atoms with Crippen molar-refractivity contribution in [3.05, 3.63) is 24.3 Å². The average Bonchev–Trinajstić information content (AvgIpc) is 2.94. The van der Waals surface area contributed by atoms with E-state index >= 15 is 0 Å². The Bertz CT molecular complexity index is 618. The molecule has 1 aliphatic carbocycles. The first-order chi connectivity index (χ1) is 10.3. The lowest BCUT2D eigenvalue weighted by Gasteiger charge is -2.21. The number of nitrogens with two attached hydrogens (primary N) is 1. The highest BCUT2D eigenvalue weighted by Crippen LogP contribution is 2.33. The number of hydrogen-bond acceptors (Lipinski definition) is 6. The first kappa shape index (κ1) is 14.4. The zero-order chi connectivity index (χ0) is 14.7. The van der Waals surface area contributed by atoms with Gasteiger partial charge in [0.05, 0.1) is 5.52 Å². The third kappa shape index (κ3) is 3.06. The molecular weight excluding hydrogens is 282 g/mol. The van der Waals surface area contributed by atoms with Crippen LogP contribution in [0.1, 0.15) is 26.2 Å². The number of hydrazine groups is 1. The molecular formula is C15H21N5S. The van der Waals surface area contributed by atoms with E-state index in [0.717, 1.165) is 22.5 Å². The monoisotopic (exact) mass is 303 g/mol. The molecule has 5 nitrogen and oxygen atoms in total. The number of benzene rings is 1. The lowest BCUT2D eigenvalue weighted by Crippen LogP contribution is -2.27. The van der Waals surface area contributed by atoms with Crippen LogP contribution in [0.25, 0.3) is 10.9 Å². The SMILES string of the molecule is CCSC1CCCC1Nc1nc(NN)nc2ccccc12.